The summed E-state index contributed by atoms with van der Waals surface area (Å²) in [4.78, 5) is 19.1. The van der Waals surface area contributed by atoms with Crippen LogP contribution in [0.3, 0.4) is 0 Å². The Balaban J connectivity index is 0.000000128. The zero-order valence-corrected chi connectivity index (χ0v) is 54.2. The van der Waals surface area contributed by atoms with E-state index in [-0.39, 0.29) is 63.6 Å². The molecule has 5 nitrogen and oxygen atoms in total. The molecule has 0 N–H and O–H groups in total. The lowest BCUT2D eigenvalue weighted by molar-refractivity contribution is 0.660. The topological polar surface area (TPSA) is 56.5 Å². The molecule has 0 saturated carbocycles. The molecule has 0 unspecified atom stereocenters. The second kappa shape index (κ2) is 22.8. The van der Waals surface area contributed by atoms with E-state index in [4.69, 9.17) is 33.9 Å². The first kappa shape index (κ1) is 49.0. The van der Waals surface area contributed by atoms with Gasteiger partial charge in [-0.15, -0.1) is 0 Å². The van der Waals surface area contributed by atoms with Crippen molar-refractivity contribution < 1.29 is 12.3 Å². The quantitative estimate of drug-likeness (QED) is 0.161. The number of hydrogen-bond acceptors (Lipinski definition) is 4. The van der Waals surface area contributed by atoms with Crippen molar-refractivity contribution in [3.05, 3.63) is 342 Å². The van der Waals surface area contributed by atoms with E-state index in [0.29, 0.717) is 39.0 Å². The van der Waals surface area contributed by atoms with E-state index in [9.17, 15) is 0 Å². The maximum absolute atomic E-state index is 8.95. The molecule has 3 heterocycles. The summed E-state index contributed by atoms with van der Waals surface area (Å²) >= 11 is 6.29. The van der Waals surface area contributed by atoms with Crippen molar-refractivity contribution in [2.24, 2.45) is 0 Å². The van der Waals surface area contributed by atoms with E-state index in [2.05, 4.69) is 214 Å². The molecule has 3 aliphatic rings. The van der Waals surface area contributed by atoms with Gasteiger partial charge >= 0.3 is 0 Å². The molecule has 0 spiro atoms. The summed E-state index contributed by atoms with van der Waals surface area (Å²) in [7, 11) is 0. The van der Waals surface area contributed by atoms with Crippen LogP contribution in [0.2, 0.25) is 5.28 Å². The normalized spacial score (nSPS) is 14.6. The number of para-hydroxylation sites is 1. The molecule has 3 aromatic heterocycles. The third-order valence-corrected chi connectivity index (χ3v) is 20.3. The van der Waals surface area contributed by atoms with E-state index in [1.165, 1.54) is 83.6 Å². The van der Waals surface area contributed by atoms with E-state index >= 15 is 0 Å². The summed E-state index contributed by atoms with van der Waals surface area (Å²) in [5, 5.41) is 8.24. The van der Waals surface area contributed by atoms with Gasteiger partial charge in [-0.05, 0) is 189 Å². The molecule has 460 valence electrons. The zero-order valence-electron chi connectivity index (χ0n) is 62.5. The zero-order chi connectivity index (χ0) is 72.9. The first-order valence-corrected chi connectivity index (χ1v) is 33.0. The van der Waals surface area contributed by atoms with Crippen molar-refractivity contribution in [3.63, 3.8) is 0 Å². The van der Waals surface area contributed by atoms with Crippen molar-refractivity contribution in [1.82, 2.24) is 24.5 Å². The third-order valence-electron chi connectivity index (χ3n) is 20.1. The number of rotatable bonds is 5. The van der Waals surface area contributed by atoms with Gasteiger partial charge in [0.05, 0.1) is 45.8 Å². The lowest BCUT2D eigenvalue weighted by atomic mass is 9.81. The minimum absolute atomic E-state index is 0.0209. The fourth-order valence-electron chi connectivity index (χ4n) is 15.3. The van der Waals surface area contributed by atoms with Gasteiger partial charge in [0.15, 0.2) is 0 Å². The van der Waals surface area contributed by atoms with Gasteiger partial charge in [0.2, 0.25) is 11.2 Å². The van der Waals surface area contributed by atoms with Crippen LogP contribution < -0.4 is 0 Å². The largest absolute Gasteiger partial charge is 0.278 e. The number of halogens is 1. The van der Waals surface area contributed by atoms with Crippen molar-refractivity contribution in [2.75, 3.05) is 0 Å². The van der Waals surface area contributed by atoms with Crippen LogP contribution >= 0.6 is 11.6 Å². The summed E-state index contributed by atoms with van der Waals surface area (Å²) in [5.41, 5.74) is 23.8. The van der Waals surface area contributed by atoms with E-state index in [0.717, 1.165) is 61.3 Å². The van der Waals surface area contributed by atoms with Crippen molar-refractivity contribution in [3.8, 4) is 84.1 Å². The SMILES string of the molecule is [2H]c1c([2H])c([2H])c(-c2nc(-n3c4ccccc4c4cc5ccccc5cc43)nc3cc(-c4ccc5c(c4)C(C)(C)c4ccccc4-5)ccc23)c([2H])c1[2H].[2H]c1cc(-c2nc(Cl)nc3cc(-c4ccc5c(c4)C(C)(C)c4ccccc4-5)ccc23)c([2H])c([2H])c1[2H].c1ccc2c(c1)Cc1cc3ccccc3cc1-2. The highest BCUT2D eigenvalue weighted by Gasteiger charge is 2.37. The lowest BCUT2D eigenvalue weighted by Gasteiger charge is -2.22. The Morgan fingerprint density at radius 1 is 0.330 bits per heavy atom. The van der Waals surface area contributed by atoms with Gasteiger partial charge in [-0.3, -0.25) is 4.57 Å². The Bertz CT molecular complexity index is 6630. The molecular formula is C91H64ClN5. The van der Waals surface area contributed by atoms with Crippen molar-refractivity contribution in [1.29, 1.82) is 0 Å². The van der Waals surface area contributed by atoms with Crippen molar-refractivity contribution in [2.45, 2.75) is 44.9 Å². The van der Waals surface area contributed by atoms with Crippen LogP contribution in [0.1, 0.15) is 73.4 Å². The molecule has 0 bridgehead atoms. The second-order valence-corrected chi connectivity index (χ2v) is 26.7. The average Bonchev–Trinajstić information content (AvgIpc) is 1.53. The number of nitrogens with zero attached hydrogens (tertiary/aromatic N) is 5. The van der Waals surface area contributed by atoms with Crippen LogP contribution in [0.5, 0.6) is 0 Å². The molecule has 0 radical (unpaired) electrons. The Morgan fingerprint density at radius 3 is 1.48 bits per heavy atom. The predicted octanol–water partition coefficient (Wildman–Crippen LogP) is 23.9. The van der Waals surface area contributed by atoms with Crippen LogP contribution in [-0.4, -0.2) is 24.5 Å². The molecule has 0 aliphatic heterocycles. The standard InChI is InChI=1S/C45H31N3.C29H21ClN2.C17H12/c1-45(2)38-18-10-8-16-33(38)34-22-20-31(25-39(34)45)32-21-23-36-40(26-32)46-44(47-43(36)28-12-4-3-5-13-28)48-41-19-11-9-17-35(41)37-24-29-14-6-7-15-30(29)27-42(37)48;1-29(2)24-11-7-6-10-21(24)22-14-12-19(16-25(22)29)20-13-15-23-26(17-20)31-28(30)32-27(23)18-8-4-3-5-9-18;1-2-6-13-11-17-15(9-12(13)5-1)10-14-7-3-4-8-16(14)17/h3-27H,1-2H3;3-17H,1-2H3;1-9,11H,10H2/i3D,4D,5D,12D,13D;3D,4D,5D,8D;. The monoisotopic (exact) mass is 1270 g/mol. The van der Waals surface area contributed by atoms with E-state index in [1.807, 2.05) is 71.3 Å². The van der Waals surface area contributed by atoms with Gasteiger partial charge in [0, 0.05) is 43.5 Å². The fourth-order valence-corrected chi connectivity index (χ4v) is 15.5. The molecular weight excluding hydrogens is 1200 g/mol. The average molecular weight is 1270 g/mol. The molecule has 0 amide bonds. The maximum Gasteiger partial charge on any atom is 0.235 e. The molecule has 14 aromatic carbocycles. The fraction of sp³-hybridized carbons (Fsp3) is 0.0769. The minimum Gasteiger partial charge on any atom is -0.278 e. The molecule has 97 heavy (non-hydrogen) atoms. The molecule has 20 rings (SSSR count). The highest BCUT2D eigenvalue weighted by Crippen LogP contribution is 2.52. The van der Waals surface area contributed by atoms with Crippen molar-refractivity contribution >= 4 is 76.8 Å². The molecule has 3 aliphatic carbocycles. The number of benzene rings is 14. The molecule has 0 fully saturated rings. The minimum atomic E-state index is -0.444. The Kier molecular flexibility index (Phi) is 11.5. The van der Waals surface area contributed by atoms with Gasteiger partial charge < -0.3 is 0 Å². The summed E-state index contributed by atoms with van der Waals surface area (Å²) < 4.78 is 77.5. The summed E-state index contributed by atoms with van der Waals surface area (Å²) in [6.45, 7) is 9.04. The molecule has 0 atom stereocenters. The van der Waals surface area contributed by atoms with E-state index in [1.54, 1.807) is 0 Å². The van der Waals surface area contributed by atoms with Crippen LogP contribution in [0.4, 0.5) is 0 Å². The third kappa shape index (κ3) is 9.74. The number of aromatic nitrogens is 5. The smallest absolute Gasteiger partial charge is 0.235 e. The summed E-state index contributed by atoms with van der Waals surface area (Å²) in [5.74, 6) is 0.350. The number of fused-ring (bicyclic) bond motifs is 16. The van der Waals surface area contributed by atoms with Gasteiger partial charge in [-0.2, -0.15) is 0 Å². The summed E-state index contributed by atoms with van der Waals surface area (Å²) in [6.07, 6.45) is 1.08. The Hall–Kier alpha value is -11.6. The maximum atomic E-state index is 8.95. The highest BCUT2D eigenvalue weighted by molar-refractivity contribution is 6.29. The Morgan fingerprint density at radius 2 is 0.825 bits per heavy atom. The molecule has 17 aromatic rings. The van der Waals surface area contributed by atoms with Crippen LogP contribution in [0.25, 0.3) is 149 Å². The summed E-state index contributed by atoms with van der Waals surface area (Å²) in [6, 6.07) is 83.4. The number of hydrogen-bond donors (Lipinski definition) is 0. The van der Waals surface area contributed by atoms with Gasteiger partial charge in [-0.25, -0.2) is 19.9 Å². The van der Waals surface area contributed by atoms with Gasteiger partial charge in [-0.1, -0.05) is 270 Å². The first-order chi connectivity index (χ1) is 51.2. The van der Waals surface area contributed by atoms with Crippen LogP contribution in [0, 0.1) is 0 Å². The predicted molar refractivity (Wildman–Crippen MR) is 405 cm³/mol. The first-order valence-electron chi connectivity index (χ1n) is 37.2. The lowest BCUT2D eigenvalue weighted by Crippen LogP contribution is -2.14. The van der Waals surface area contributed by atoms with Gasteiger partial charge in [0.1, 0.15) is 0 Å². The Labute approximate surface area is 581 Å². The van der Waals surface area contributed by atoms with Crippen LogP contribution in [0.15, 0.2) is 303 Å². The van der Waals surface area contributed by atoms with Crippen LogP contribution in [-0.2, 0) is 17.3 Å². The molecule has 6 heteroatoms. The highest BCUT2D eigenvalue weighted by atomic mass is 35.5. The second-order valence-electron chi connectivity index (χ2n) is 26.4. The van der Waals surface area contributed by atoms with Gasteiger partial charge in [0.25, 0.3) is 0 Å². The molecule has 0 saturated heterocycles. The van der Waals surface area contributed by atoms with E-state index < -0.39 is 18.1 Å².